The van der Waals surface area contributed by atoms with Gasteiger partial charge in [-0.15, -0.1) is 11.3 Å². The van der Waals surface area contributed by atoms with Gasteiger partial charge >= 0.3 is 0 Å². The van der Waals surface area contributed by atoms with Gasteiger partial charge in [0.2, 0.25) is 0 Å². The Morgan fingerprint density at radius 2 is 2.11 bits per heavy atom. The first kappa shape index (κ1) is 11.4. The van der Waals surface area contributed by atoms with E-state index in [0.717, 1.165) is 4.70 Å². The highest BCUT2D eigenvalue weighted by Gasteiger charge is 2.15. The summed E-state index contributed by atoms with van der Waals surface area (Å²) >= 11 is 7.29. The molecule has 6 heteroatoms. The van der Waals surface area contributed by atoms with E-state index in [1.165, 1.54) is 17.4 Å². The van der Waals surface area contributed by atoms with Crippen molar-refractivity contribution in [1.29, 1.82) is 0 Å². The lowest BCUT2D eigenvalue weighted by molar-refractivity contribution is 0.631. The van der Waals surface area contributed by atoms with Crippen molar-refractivity contribution in [2.75, 3.05) is 5.73 Å². The molecule has 0 bridgehead atoms. The van der Waals surface area contributed by atoms with Crippen LogP contribution in [0.1, 0.15) is 0 Å². The van der Waals surface area contributed by atoms with E-state index in [-0.39, 0.29) is 0 Å². The fraction of sp³-hybridized carbons (Fsp3) is 0. The summed E-state index contributed by atoms with van der Waals surface area (Å²) in [6.45, 7) is 0. The molecule has 0 fully saturated rings. The second kappa shape index (κ2) is 4.19. The number of thiazole rings is 1. The highest BCUT2D eigenvalue weighted by molar-refractivity contribution is 7.22. The molecule has 90 valence electrons. The fourth-order valence-electron chi connectivity index (χ4n) is 1.68. The van der Waals surface area contributed by atoms with Crippen LogP contribution in [0.25, 0.3) is 20.8 Å². The number of benzene rings is 1. The van der Waals surface area contributed by atoms with Crippen LogP contribution in [-0.2, 0) is 0 Å². The minimum absolute atomic E-state index is 0.305. The highest BCUT2D eigenvalue weighted by atomic mass is 35.5. The van der Waals surface area contributed by atoms with E-state index in [9.17, 15) is 4.39 Å². The fourth-order valence-corrected chi connectivity index (χ4v) is 3.02. The van der Waals surface area contributed by atoms with E-state index >= 15 is 0 Å². The second-order valence-corrected chi connectivity index (χ2v) is 5.07. The van der Waals surface area contributed by atoms with Crippen LogP contribution in [0.4, 0.5) is 10.2 Å². The predicted octanol–water partition coefficient (Wildman–Crippen LogP) is 3.73. The lowest BCUT2D eigenvalue weighted by Crippen LogP contribution is -1.87. The normalized spacial score (nSPS) is 11.0. The van der Waals surface area contributed by atoms with E-state index in [0.29, 0.717) is 26.9 Å². The zero-order valence-electron chi connectivity index (χ0n) is 9.02. The summed E-state index contributed by atoms with van der Waals surface area (Å²) in [4.78, 5) is 8.32. The van der Waals surface area contributed by atoms with Crippen molar-refractivity contribution in [1.82, 2.24) is 9.97 Å². The number of fused-ring (bicyclic) bond motifs is 1. The lowest BCUT2D eigenvalue weighted by atomic mass is 10.2. The second-order valence-electron chi connectivity index (χ2n) is 3.66. The first-order valence-electron chi connectivity index (χ1n) is 5.12. The molecule has 0 saturated heterocycles. The van der Waals surface area contributed by atoms with Gasteiger partial charge in [-0.1, -0.05) is 17.7 Å². The largest absolute Gasteiger partial charge is 0.382 e. The molecule has 3 rings (SSSR count). The Morgan fingerprint density at radius 3 is 2.83 bits per heavy atom. The van der Waals surface area contributed by atoms with Crippen molar-refractivity contribution in [3.05, 3.63) is 41.3 Å². The topological polar surface area (TPSA) is 51.8 Å². The molecule has 2 N–H and O–H groups in total. The summed E-state index contributed by atoms with van der Waals surface area (Å²) in [5.74, 6) is -0.00296. The first-order chi connectivity index (χ1) is 8.66. The Labute approximate surface area is 111 Å². The third-order valence-corrected chi connectivity index (χ3v) is 3.93. The quantitative estimate of drug-likeness (QED) is 0.738. The minimum atomic E-state index is -0.395. The van der Waals surface area contributed by atoms with Crippen molar-refractivity contribution in [2.24, 2.45) is 0 Å². The van der Waals surface area contributed by atoms with E-state index < -0.39 is 5.82 Å². The number of hydrogen-bond donors (Lipinski definition) is 1. The number of aromatic nitrogens is 2. The molecule has 0 aliphatic carbocycles. The van der Waals surface area contributed by atoms with Crippen LogP contribution in [0, 0.1) is 5.82 Å². The molecule has 2 aromatic heterocycles. The van der Waals surface area contributed by atoms with Crippen molar-refractivity contribution in [2.45, 2.75) is 0 Å². The summed E-state index contributed by atoms with van der Waals surface area (Å²) < 4.78 is 14.5. The average Bonchev–Trinajstić information content (AvgIpc) is 2.74. The zero-order valence-corrected chi connectivity index (χ0v) is 10.6. The van der Waals surface area contributed by atoms with Crippen molar-refractivity contribution in [3.8, 4) is 10.6 Å². The van der Waals surface area contributed by atoms with E-state index in [1.54, 1.807) is 24.4 Å². The van der Waals surface area contributed by atoms with E-state index in [1.807, 2.05) is 0 Å². The summed E-state index contributed by atoms with van der Waals surface area (Å²) in [6, 6.07) is 6.29. The molecular weight excluding hydrogens is 273 g/mol. The van der Waals surface area contributed by atoms with Gasteiger partial charge in [-0.25, -0.2) is 14.4 Å². The molecule has 0 aliphatic rings. The van der Waals surface area contributed by atoms with Crippen LogP contribution >= 0.6 is 22.9 Å². The zero-order chi connectivity index (χ0) is 12.7. The molecular formula is C12H7ClFN3S. The van der Waals surface area contributed by atoms with Crippen molar-refractivity contribution >= 4 is 39.0 Å². The standard InChI is InChI=1S/C12H7ClFN3S/c13-6-2-1-3-7(14)9(6)12-17-8-4-5-16-11(15)10(8)18-12/h1-5H,(H2,15,16). The van der Waals surface area contributed by atoms with Gasteiger partial charge in [0.15, 0.2) is 0 Å². The third kappa shape index (κ3) is 1.72. The maximum Gasteiger partial charge on any atom is 0.143 e. The van der Waals surface area contributed by atoms with E-state index in [2.05, 4.69) is 9.97 Å². The Morgan fingerprint density at radius 1 is 1.28 bits per heavy atom. The molecule has 0 amide bonds. The molecule has 18 heavy (non-hydrogen) atoms. The smallest absolute Gasteiger partial charge is 0.143 e. The SMILES string of the molecule is Nc1nccc2nc(-c3c(F)cccc3Cl)sc12. The van der Waals surface area contributed by atoms with Gasteiger partial charge in [-0.2, -0.15) is 0 Å². The van der Waals surface area contributed by atoms with Gasteiger partial charge in [-0.05, 0) is 18.2 Å². The average molecular weight is 280 g/mol. The third-order valence-electron chi connectivity index (χ3n) is 2.51. The van der Waals surface area contributed by atoms with Gasteiger partial charge < -0.3 is 5.73 Å². The number of hydrogen-bond acceptors (Lipinski definition) is 4. The molecule has 2 heterocycles. The predicted molar refractivity (Wildman–Crippen MR) is 72.2 cm³/mol. The maximum absolute atomic E-state index is 13.8. The summed E-state index contributed by atoms with van der Waals surface area (Å²) in [6.07, 6.45) is 1.57. The molecule has 0 saturated carbocycles. The number of anilines is 1. The Bertz CT molecular complexity index is 721. The van der Waals surface area contributed by atoms with Crippen LogP contribution in [-0.4, -0.2) is 9.97 Å². The molecule has 0 atom stereocenters. The number of pyridine rings is 1. The lowest BCUT2D eigenvalue weighted by Gasteiger charge is -2.00. The molecule has 1 aromatic carbocycles. The number of nitrogen functional groups attached to an aromatic ring is 1. The first-order valence-corrected chi connectivity index (χ1v) is 6.31. The van der Waals surface area contributed by atoms with Crippen LogP contribution in [0.5, 0.6) is 0 Å². The molecule has 0 radical (unpaired) electrons. The van der Waals surface area contributed by atoms with Crippen molar-refractivity contribution < 1.29 is 4.39 Å². The summed E-state index contributed by atoms with van der Waals surface area (Å²) in [5, 5.41) is 0.841. The van der Waals surface area contributed by atoms with Gasteiger partial charge in [0, 0.05) is 6.20 Å². The van der Waals surface area contributed by atoms with Gasteiger partial charge in [0.25, 0.3) is 0 Å². The molecule has 0 aliphatic heterocycles. The minimum Gasteiger partial charge on any atom is -0.382 e. The summed E-state index contributed by atoms with van der Waals surface area (Å²) in [7, 11) is 0. The Kier molecular flexibility index (Phi) is 2.65. The maximum atomic E-state index is 13.8. The van der Waals surface area contributed by atoms with Crippen LogP contribution in [0.15, 0.2) is 30.5 Å². The Balaban J connectivity index is 2.30. The molecule has 3 nitrogen and oxygen atoms in total. The highest BCUT2D eigenvalue weighted by Crippen LogP contribution is 2.37. The molecule has 0 spiro atoms. The van der Waals surface area contributed by atoms with Gasteiger partial charge in [-0.3, -0.25) is 0 Å². The van der Waals surface area contributed by atoms with Crippen LogP contribution in [0.2, 0.25) is 5.02 Å². The van der Waals surface area contributed by atoms with Crippen LogP contribution in [0.3, 0.4) is 0 Å². The number of nitrogens with zero attached hydrogens (tertiary/aromatic N) is 2. The number of rotatable bonds is 1. The van der Waals surface area contributed by atoms with E-state index in [4.69, 9.17) is 17.3 Å². The van der Waals surface area contributed by atoms with Crippen molar-refractivity contribution in [3.63, 3.8) is 0 Å². The summed E-state index contributed by atoms with van der Waals surface area (Å²) in [5.41, 5.74) is 6.76. The van der Waals surface area contributed by atoms with Gasteiger partial charge in [0.1, 0.15) is 16.6 Å². The molecule has 3 aromatic rings. The number of nitrogens with two attached hydrogens (primary N) is 1. The van der Waals surface area contributed by atoms with Crippen LogP contribution < -0.4 is 5.73 Å². The molecule has 0 unspecified atom stereocenters. The number of halogens is 2. The van der Waals surface area contributed by atoms with Gasteiger partial charge in [0.05, 0.1) is 20.8 Å². The monoisotopic (exact) mass is 279 g/mol. The Hall–Kier alpha value is -1.72.